The molecule has 2 aromatic carbocycles. The predicted octanol–water partition coefficient (Wildman–Crippen LogP) is 3.87. The number of hydrogen-bond acceptors (Lipinski definition) is 7. The van der Waals surface area contributed by atoms with Gasteiger partial charge in [0.2, 0.25) is 11.8 Å². The molecule has 39 heavy (non-hydrogen) atoms. The summed E-state index contributed by atoms with van der Waals surface area (Å²) in [5.74, 6) is -0.249. The predicted molar refractivity (Wildman–Crippen MR) is 150 cm³/mol. The molecule has 4 rings (SSSR count). The Bertz CT molecular complexity index is 1290. The Morgan fingerprint density at radius 3 is 2.51 bits per heavy atom. The maximum Gasteiger partial charge on any atom is 0.261 e. The van der Waals surface area contributed by atoms with Gasteiger partial charge in [0, 0.05) is 18.8 Å². The zero-order chi connectivity index (χ0) is 27.8. The third kappa shape index (κ3) is 6.76. The Labute approximate surface area is 232 Å². The first-order chi connectivity index (χ1) is 18.9. The molecule has 2 heterocycles. The van der Waals surface area contributed by atoms with E-state index in [0.717, 1.165) is 18.4 Å². The van der Waals surface area contributed by atoms with Crippen LogP contribution < -0.4 is 25.0 Å². The van der Waals surface area contributed by atoms with Gasteiger partial charge in [0.15, 0.2) is 11.5 Å². The molecule has 2 N–H and O–H groups in total. The second-order valence-corrected chi connectivity index (χ2v) is 10.1. The highest BCUT2D eigenvalue weighted by Gasteiger charge is 2.35. The van der Waals surface area contributed by atoms with Gasteiger partial charge in [-0.15, -0.1) is 11.3 Å². The lowest BCUT2D eigenvalue weighted by Crippen LogP contribution is -2.48. The number of para-hydroxylation sites is 1. The summed E-state index contributed by atoms with van der Waals surface area (Å²) in [6, 6.07) is 14.9. The maximum absolute atomic E-state index is 13.9. The summed E-state index contributed by atoms with van der Waals surface area (Å²) >= 11 is 1.29. The van der Waals surface area contributed by atoms with Crippen molar-refractivity contribution in [2.75, 3.05) is 38.8 Å². The van der Waals surface area contributed by atoms with Gasteiger partial charge in [0.05, 0.1) is 31.7 Å². The molecule has 3 amide bonds. The molecule has 1 aliphatic heterocycles. The van der Waals surface area contributed by atoms with E-state index in [-0.39, 0.29) is 24.5 Å². The third-order valence-electron chi connectivity index (χ3n) is 6.55. The lowest BCUT2D eigenvalue weighted by Gasteiger charge is -2.33. The number of methoxy groups -OCH3 is 2. The molecule has 3 aromatic rings. The van der Waals surface area contributed by atoms with E-state index in [2.05, 4.69) is 10.6 Å². The van der Waals surface area contributed by atoms with Gasteiger partial charge in [-0.25, -0.2) is 0 Å². The van der Waals surface area contributed by atoms with Crippen LogP contribution in [-0.4, -0.2) is 57.7 Å². The van der Waals surface area contributed by atoms with Crippen LogP contribution >= 0.6 is 11.3 Å². The van der Waals surface area contributed by atoms with Crippen LogP contribution in [0, 0.1) is 6.92 Å². The number of carbonyl (C=O) groups is 3. The Kier molecular flexibility index (Phi) is 9.56. The zero-order valence-electron chi connectivity index (χ0n) is 22.3. The Hall–Kier alpha value is -3.89. The van der Waals surface area contributed by atoms with E-state index >= 15 is 0 Å². The van der Waals surface area contributed by atoms with Gasteiger partial charge in [0.25, 0.3) is 5.91 Å². The van der Waals surface area contributed by atoms with Crippen molar-refractivity contribution in [2.24, 2.45) is 0 Å². The molecule has 0 aliphatic carbocycles. The Morgan fingerprint density at radius 1 is 1.05 bits per heavy atom. The largest absolute Gasteiger partial charge is 0.493 e. The van der Waals surface area contributed by atoms with Gasteiger partial charge in [0.1, 0.15) is 6.04 Å². The minimum absolute atomic E-state index is 0.0762. The number of benzene rings is 2. The molecule has 2 atom stereocenters. The van der Waals surface area contributed by atoms with Crippen LogP contribution in [0.1, 0.15) is 39.7 Å². The van der Waals surface area contributed by atoms with Crippen LogP contribution in [0.4, 0.5) is 5.69 Å². The van der Waals surface area contributed by atoms with Crippen LogP contribution in [0.3, 0.4) is 0 Å². The fraction of sp³-hybridized carbons (Fsp3) is 0.345. The van der Waals surface area contributed by atoms with E-state index in [1.54, 1.807) is 41.8 Å². The number of anilines is 1. The quantitative estimate of drug-likeness (QED) is 0.375. The fourth-order valence-electron chi connectivity index (χ4n) is 4.54. The van der Waals surface area contributed by atoms with Crippen LogP contribution in [0.2, 0.25) is 0 Å². The number of carbonyl (C=O) groups excluding carboxylic acids is 3. The van der Waals surface area contributed by atoms with E-state index in [0.29, 0.717) is 40.8 Å². The van der Waals surface area contributed by atoms with Crippen molar-refractivity contribution in [1.82, 2.24) is 10.6 Å². The number of ether oxygens (including phenoxy) is 3. The minimum Gasteiger partial charge on any atom is -0.493 e. The Balaban J connectivity index is 1.72. The standard InChI is InChI=1S/C29H33N3O6S/c1-19-8-4-5-10-22(19)32(26(33)18-31-28(34)25-11-7-15-39-25)27(29(35)30-17-21-9-6-14-38-21)20-12-13-23(36-2)24(16-20)37-3/h4-5,7-8,10-13,15-16,21,27H,6,9,14,17-18H2,1-3H3,(H,30,35)(H,31,34)/t21-,27-/m0/s1. The Morgan fingerprint density at radius 2 is 1.85 bits per heavy atom. The molecule has 9 nitrogen and oxygen atoms in total. The first-order valence-electron chi connectivity index (χ1n) is 12.7. The number of amides is 3. The molecular weight excluding hydrogens is 518 g/mol. The molecule has 1 saturated heterocycles. The van der Waals surface area contributed by atoms with Crippen LogP contribution in [-0.2, 0) is 14.3 Å². The van der Waals surface area contributed by atoms with Gasteiger partial charge in [-0.05, 0) is 60.5 Å². The number of hydrogen-bond donors (Lipinski definition) is 2. The van der Waals surface area contributed by atoms with Crippen molar-refractivity contribution in [3.05, 3.63) is 76.0 Å². The van der Waals surface area contributed by atoms with E-state index < -0.39 is 11.9 Å². The number of thiophene rings is 1. The normalized spacial score (nSPS) is 15.3. The van der Waals surface area contributed by atoms with Crippen molar-refractivity contribution >= 4 is 34.7 Å². The topological polar surface area (TPSA) is 106 Å². The summed E-state index contributed by atoms with van der Waals surface area (Å²) in [6.45, 7) is 2.56. The van der Waals surface area contributed by atoms with Crippen molar-refractivity contribution in [1.29, 1.82) is 0 Å². The third-order valence-corrected chi connectivity index (χ3v) is 7.42. The number of nitrogens with zero attached hydrogens (tertiary/aromatic N) is 1. The first kappa shape index (κ1) is 28.1. The molecule has 10 heteroatoms. The average Bonchev–Trinajstić information content (AvgIpc) is 3.68. The molecular formula is C29H33N3O6S. The summed E-state index contributed by atoms with van der Waals surface area (Å²) in [5, 5.41) is 7.48. The molecule has 1 aliphatic rings. The first-order valence-corrected chi connectivity index (χ1v) is 13.6. The monoisotopic (exact) mass is 551 g/mol. The smallest absolute Gasteiger partial charge is 0.261 e. The maximum atomic E-state index is 13.9. The molecule has 0 unspecified atom stereocenters. The lowest BCUT2D eigenvalue weighted by atomic mass is 10.0. The molecule has 1 fully saturated rings. The van der Waals surface area contributed by atoms with Gasteiger partial charge in [-0.2, -0.15) is 0 Å². The van der Waals surface area contributed by atoms with Crippen molar-refractivity contribution in [3.8, 4) is 11.5 Å². The molecule has 206 valence electrons. The molecule has 0 saturated carbocycles. The highest BCUT2D eigenvalue weighted by Crippen LogP contribution is 2.35. The lowest BCUT2D eigenvalue weighted by molar-refractivity contribution is -0.126. The van der Waals surface area contributed by atoms with Crippen molar-refractivity contribution in [3.63, 3.8) is 0 Å². The van der Waals surface area contributed by atoms with Gasteiger partial charge in [-0.3, -0.25) is 19.3 Å². The van der Waals surface area contributed by atoms with E-state index in [1.807, 2.05) is 25.1 Å². The zero-order valence-corrected chi connectivity index (χ0v) is 23.1. The summed E-state index contributed by atoms with van der Waals surface area (Å²) in [6.07, 6.45) is 1.72. The number of nitrogens with one attached hydrogen (secondary N) is 2. The molecule has 0 bridgehead atoms. The highest BCUT2D eigenvalue weighted by atomic mass is 32.1. The summed E-state index contributed by atoms with van der Waals surface area (Å²) < 4.78 is 16.6. The van der Waals surface area contributed by atoms with E-state index in [4.69, 9.17) is 14.2 Å². The highest BCUT2D eigenvalue weighted by molar-refractivity contribution is 7.12. The van der Waals surface area contributed by atoms with Gasteiger partial charge < -0.3 is 24.8 Å². The fourth-order valence-corrected chi connectivity index (χ4v) is 5.18. The summed E-state index contributed by atoms with van der Waals surface area (Å²) in [7, 11) is 3.04. The number of aryl methyl sites for hydroxylation is 1. The van der Waals surface area contributed by atoms with Crippen molar-refractivity contribution < 1.29 is 28.6 Å². The molecule has 0 spiro atoms. The van der Waals surface area contributed by atoms with Crippen LogP contribution in [0.15, 0.2) is 60.0 Å². The van der Waals surface area contributed by atoms with E-state index in [1.165, 1.54) is 30.5 Å². The molecule has 0 radical (unpaired) electrons. The second-order valence-electron chi connectivity index (χ2n) is 9.11. The number of rotatable bonds is 11. The molecule has 1 aromatic heterocycles. The van der Waals surface area contributed by atoms with Crippen LogP contribution in [0.5, 0.6) is 11.5 Å². The van der Waals surface area contributed by atoms with Crippen LogP contribution in [0.25, 0.3) is 0 Å². The minimum atomic E-state index is -1.06. The van der Waals surface area contributed by atoms with Gasteiger partial charge in [-0.1, -0.05) is 30.3 Å². The second kappa shape index (κ2) is 13.3. The van der Waals surface area contributed by atoms with Crippen molar-refractivity contribution in [2.45, 2.75) is 31.9 Å². The average molecular weight is 552 g/mol. The van der Waals surface area contributed by atoms with E-state index in [9.17, 15) is 14.4 Å². The van der Waals surface area contributed by atoms with Gasteiger partial charge >= 0.3 is 0 Å². The SMILES string of the molecule is COc1ccc([C@@H](C(=O)NC[C@@H]2CCCO2)N(C(=O)CNC(=O)c2cccs2)c2ccccc2C)cc1OC. The summed E-state index contributed by atoms with van der Waals surface area (Å²) in [5.41, 5.74) is 1.88. The summed E-state index contributed by atoms with van der Waals surface area (Å²) in [4.78, 5) is 42.3.